The summed E-state index contributed by atoms with van der Waals surface area (Å²) < 4.78 is 5.41. The Balaban J connectivity index is 0.00000242. The number of halogens is 1. The van der Waals surface area contributed by atoms with E-state index < -0.39 is 0 Å². The van der Waals surface area contributed by atoms with Gasteiger partial charge in [0.15, 0.2) is 5.96 Å². The summed E-state index contributed by atoms with van der Waals surface area (Å²) in [5, 5.41) is 6.83. The average molecular weight is 417 g/mol. The fourth-order valence-electron chi connectivity index (χ4n) is 2.25. The third-order valence-corrected chi connectivity index (χ3v) is 3.86. The minimum absolute atomic E-state index is 0. The zero-order valence-electron chi connectivity index (χ0n) is 13.9. The van der Waals surface area contributed by atoms with E-state index in [1.807, 2.05) is 13.8 Å². The normalized spacial score (nSPS) is 21.0. The first-order valence-corrected chi connectivity index (χ1v) is 7.70. The number of hydrogen-bond acceptors (Lipinski definition) is 2. The van der Waals surface area contributed by atoms with Crippen molar-refractivity contribution in [2.75, 3.05) is 20.2 Å². The van der Waals surface area contributed by atoms with Gasteiger partial charge in [-0.15, -0.1) is 24.0 Å². The second-order valence-electron chi connectivity index (χ2n) is 6.16. The van der Waals surface area contributed by atoms with Crippen LogP contribution in [0.2, 0.25) is 0 Å². The second-order valence-corrected chi connectivity index (χ2v) is 6.16. The van der Waals surface area contributed by atoms with Gasteiger partial charge in [-0.05, 0) is 32.8 Å². The molecule has 1 saturated carbocycles. The van der Waals surface area contributed by atoms with Gasteiger partial charge in [-0.25, -0.2) is 0 Å². The summed E-state index contributed by atoms with van der Waals surface area (Å²) in [6, 6.07) is 11.1. The molecule has 22 heavy (non-hydrogen) atoms. The number of nitrogens with zero attached hydrogens (tertiary/aromatic N) is 1. The van der Waals surface area contributed by atoms with Crippen LogP contribution in [0.1, 0.15) is 38.7 Å². The van der Waals surface area contributed by atoms with Gasteiger partial charge < -0.3 is 15.4 Å². The molecule has 2 unspecified atom stereocenters. The Morgan fingerprint density at radius 1 is 1.32 bits per heavy atom. The molecule has 2 N–H and O–H groups in total. The topological polar surface area (TPSA) is 45.7 Å². The quantitative estimate of drug-likeness (QED) is 0.425. The van der Waals surface area contributed by atoms with Crippen molar-refractivity contribution in [3.8, 4) is 0 Å². The molecule has 1 aliphatic carbocycles. The minimum Gasteiger partial charge on any atom is -0.377 e. The molecule has 0 radical (unpaired) electrons. The summed E-state index contributed by atoms with van der Waals surface area (Å²) in [5.41, 5.74) is 1.17. The molecule has 124 valence electrons. The van der Waals surface area contributed by atoms with Crippen molar-refractivity contribution in [1.82, 2.24) is 10.6 Å². The molecule has 2 rings (SSSR count). The van der Waals surface area contributed by atoms with Crippen LogP contribution in [0.5, 0.6) is 0 Å². The van der Waals surface area contributed by atoms with E-state index in [0.29, 0.717) is 18.5 Å². The van der Waals surface area contributed by atoms with E-state index in [-0.39, 0.29) is 29.6 Å². The molecule has 0 saturated heterocycles. The van der Waals surface area contributed by atoms with Gasteiger partial charge in [-0.2, -0.15) is 0 Å². The van der Waals surface area contributed by atoms with Crippen molar-refractivity contribution in [1.29, 1.82) is 0 Å². The number of rotatable bonds is 6. The molecule has 0 amide bonds. The van der Waals surface area contributed by atoms with E-state index in [2.05, 4.69) is 52.9 Å². The first-order chi connectivity index (χ1) is 10.1. The number of nitrogens with one attached hydrogen (secondary N) is 2. The second kappa shape index (κ2) is 8.72. The summed E-state index contributed by atoms with van der Waals surface area (Å²) >= 11 is 0. The highest BCUT2D eigenvalue weighted by atomic mass is 127. The molecule has 1 aliphatic rings. The molecule has 5 heteroatoms. The van der Waals surface area contributed by atoms with Crippen LogP contribution >= 0.6 is 24.0 Å². The van der Waals surface area contributed by atoms with Gasteiger partial charge in [0.05, 0.1) is 12.1 Å². The summed E-state index contributed by atoms with van der Waals surface area (Å²) in [7, 11) is 1.72. The van der Waals surface area contributed by atoms with Crippen LogP contribution < -0.4 is 10.6 Å². The predicted octanol–water partition coefficient (Wildman–Crippen LogP) is 3.14. The number of methoxy groups -OCH3 is 1. The third kappa shape index (κ3) is 5.76. The first-order valence-electron chi connectivity index (χ1n) is 7.70. The number of guanidine groups is 1. The van der Waals surface area contributed by atoms with E-state index in [0.717, 1.165) is 12.5 Å². The highest BCUT2D eigenvalue weighted by molar-refractivity contribution is 14.0. The summed E-state index contributed by atoms with van der Waals surface area (Å²) in [6.07, 6.45) is 1.17. The third-order valence-electron chi connectivity index (χ3n) is 3.86. The maximum absolute atomic E-state index is 5.41. The van der Waals surface area contributed by atoms with Crippen LogP contribution in [0.3, 0.4) is 0 Å². The number of ether oxygens (including phenoxy) is 1. The van der Waals surface area contributed by atoms with E-state index in [1.165, 1.54) is 12.0 Å². The molecule has 0 heterocycles. The molecule has 0 aromatic heterocycles. The standard InChI is InChI=1S/C17H27N3O.HI/c1-5-18-16(19-12-17(2,3)21-4)20-15-11-14(15)13-9-7-6-8-10-13;/h6-10,14-15H,5,11-12H2,1-4H3,(H2,18,19,20);1H. The fourth-order valence-corrected chi connectivity index (χ4v) is 2.25. The molecule has 0 spiro atoms. The highest BCUT2D eigenvalue weighted by Crippen LogP contribution is 2.40. The Morgan fingerprint density at radius 3 is 2.59 bits per heavy atom. The van der Waals surface area contributed by atoms with Gasteiger partial charge in [0.25, 0.3) is 0 Å². The van der Waals surface area contributed by atoms with Crippen molar-refractivity contribution >= 4 is 29.9 Å². The van der Waals surface area contributed by atoms with Crippen molar-refractivity contribution in [2.24, 2.45) is 4.99 Å². The van der Waals surface area contributed by atoms with E-state index in [4.69, 9.17) is 4.74 Å². The number of benzene rings is 1. The molecule has 0 bridgehead atoms. The summed E-state index contributed by atoms with van der Waals surface area (Å²) in [6.45, 7) is 7.68. The molecule has 1 aromatic carbocycles. The van der Waals surface area contributed by atoms with E-state index >= 15 is 0 Å². The maximum atomic E-state index is 5.41. The predicted molar refractivity (Wildman–Crippen MR) is 103 cm³/mol. The lowest BCUT2D eigenvalue weighted by Crippen LogP contribution is -2.40. The number of aliphatic imine (C=N–C) groups is 1. The molecular formula is C17H28IN3O. The van der Waals surface area contributed by atoms with Crippen LogP contribution in [0.25, 0.3) is 0 Å². The van der Waals surface area contributed by atoms with Gasteiger partial charge in [0, 0.05) is 25.6 Å². The smallest absolute Gasteiger partial charge is 0.191 e. The van der Waals surface area contributed by atoms with Crippen molar-refractivity contribution in [2.45, 2.75) is 44.8 Å². The van der Waals surface area contributed by atoms with E-state index in [9.17, 15) is 0 Å². The van der Waals surface area contributed by atoms with Crippen LogP contribution in [0.15, 0.2) is 35.3 Å². The van der Waals surface area contributed by atoms with Crippen LogP contribution in [-0.2, 0) is 4.74 Å². The van der Waals surface area contributed by atoms with Crippen LogP contribution in [-0.4, -0.2) is 37.8 Å². The van der Waals surface area contributed by atoms with Crippen molar-refractivity contribution in [3.05, 3.63) is 35.9 Å². The highest BCUT2D eigenvalue weighted by Gasteiger charge is 2.38. The monoisotopic (exact) mass is 417 g/mol. The van der Waals surface area contributed by atoms with Gasteiger partial charge in [0.2, 0.25) is 0 Å². The Morgan fingerprint density at radius 2 is 2.00 bits per heavy atom. The Hall–Kier alpha value is -0.820. The van der Waals surface area contributed by atoms with Crippen molar-refractivity contribution in [3.63, 3.8) is 0 Å². The Labute approximate surface area is 151 Å². The van der Waals surface area contributed by atoms with Crippen LogP contribution in [0, 0.1) is 0 Å². The van der Waals surface area contributed by atoms with Gasteiger partial charge in [0.1, 0.15) is 0 Å². The largest absolute Gasteiger partial charge is 0.377 e. The van der Waals surface area contributed by atoms with Gasteiger partial charge >= 0.3 is 0 Å². The summed E-state index contributed by atoms with van der Waals surface area (Å²) in [4.78, 5) is 4.63. The molecule has 1 aromatic rings. The Kier molecular flexibility index (Phi) is 7.62. The van der Waals surface area contributed by atoms with Crippen LogP contribution in [0.4, 0.5) is 0 Å². The van der Waals surface area contributed by atoms with Crippen molar-refractivity contribution < 1.29 is 4.74 Å². The minimum atomic E-state index is -0.231. The lowest BCUT2D eigenvalue weighted by atomic mass is 10.1. The molecule has 4 nitrogen and oxygen atoms in total. The molecule has 1 fully saturated rings. The zero-order valence-corrected chi connectivity index (χ0v) is 16.3. The van der Waals surface area contributed by atoms with Gasteiger partial charge in [-0.1, -0.05) is 30.3 Å². The zero-order chi connectivity index (χ0) is 15.3. The maximum Gasteiger partial charge on any atom is 0.191 e. The number of hydrogen-bond donors (Lipinski definition) is 2. The average Bonchev–Trinajstić information content (AvgIpc) is 3.25. The molecular weight excluding hydrogens is 389 g/mol. The molecule has 2 atom stereocenters. The molecule has 0 aliphatic heterocycles. The van der Waals surface area contributed by atoms with Gasteiger partial charge in [-0.3, -0.25) is 4.99 Å². The SMILES string of the molecule is CCNC(=NCC(C)(C)OC)NC1CC1c1ccccc1.I. The lowest BCUT2D eigenvalue weighted by molar-refractivity contribution is 0.0310. The lowest BCUT2D eigenvalue weighted by Gasteiger charge is -2.21. The first kappa shape index (κ1) is 19.2. The fraction of sp³-hybridized carbons (Fsp3) is 0.588. The van der Waals surface area contributed by atoms with E-state index in [1.54, 1.807) is 7.11 Å². The summed E-state index contributed by atoms with van der Waals surface area (Å²) in [5.74, 6) is 1.48. The Bertz CT molecular complexity index is 476.